The molecule has 1 aliphatic rings. The topological polar surface area (TPSA) is 29.5 Å². The summed E-state index contributed by atoms with van der Waals surface area (Å²) in [6.45, 7) is 3.10. The largest absolute Gasteiger partial charge is 0.416 e. The molecule has 0 aromatic heterocycles. The van der Waals surface area contributed by atoms with Gasteiger partial charge in [0.25, 0.3) is 0 Å². The van der Waals surface area contributed by atoms with Crippen LogP contribution in [-0.2, 0) is 15.7 Å². The van der Waals surface area contributed by atoms with Crippen molar-refractivity contribution in [3.8, 4) is 0 Å². The van der Waals surface area contributed by atoms with E-state index in [9.17, 15) is 18.0 Å². The molecule has 1 aromatic rings. The molecule has 0 unspecified atom stereocenters. The molecule has 1 amide bonds. The molecule has 0 bridgehead atoms. The van der Waals surface area contributed by atoms with E-state index in [1.165, 1.54) is 12.1 Å². The van der Waals surface area contributed by atoms with E-state index >= 15 is 0 Å². The summed E-state index contributed by atoms with van der Waals surface area (Å²) in [5.41, 5.74) is -0.0230. The number of halogens is 3. The second-order valence-corrected chi connectivity index (χ2v) is 4.67. The lowest BCUT2D eigenvalue weighted by molar-refractivity contribution is -0.138. The van der Waals surface area contributed by atoms with Crippen molar-refractivity contribution in [3.05, 3.63) is 35.4 Å². The predicted octanol–water partition coefficient (Wildman–Crippen LogP) is 3.02. The van der Waals surface area contributed by atoms with E-state index in [0.717, 1.165) is 12.1 Å². The lowest BCUT2D eigenvalue weighted by Crippen LogP contribution is -2.41. The number of carbonyl (C=O) groups is 1. The molecule has 0 aliphatic carbocycles. The van der Waals surface area contributed by atoms with Gasteiger partial charge in [0.2, 0.25) is 5.91 Å². The SMILES string of the molecule is CCC(=O)N1CCO[C@H](c2ccc(C(F)(F)F)cc2)C1. The zero-order valence-corrected chi connectivity index (χ0v) is 11.1. The molecule has 0 spiro atoms. The van der Waals surface area contributed by atoms with Crippen LogP contribution in [0.4, 0.5) is 13.2 Å². The first kappa shape index (κ1) is 14.8. The Morgan fingerprint density at radius 1 is 1.35 bits per heavy atom. The predicted molar refractivity (Wildman–Crippen MR) is 67.0 cm³/mol. The Bertz CT molecular complexity index is 470. The molecule has 20 heavy (non-hydrogen) atoms. The third-order valence-electron chi connectivity index (χ3n) is 3.33. The summed E-state index contributed by atoms with van der Waals surface area (Å²) in [7, 11) is 0. The Labute approximate surface area is 115 Å². The third-order valence-corrected chi connectivity index (χ3v) is 3.33. The van der Waals surface area contributed by atoms with Crippen molar-refractivity contribution in [1.82, 2.24) is 4.90 Å². The smallest absolute Gasteiger partial charge is 0.370 e. The standard InChI is InChI=1S/C14H16F3NO2/c1-2-13(19)18-7-8-20-12(9-18)10-3-5-11(6-4-10)14(15,16)17/h3-6,12H,2,7-9H2,1H3/t12-/m0/s1. The number of carbonyl (C=O) groups excluding carboxylic acids is 1. The fourth-order valence-electron chi connectivity index (χ4n) is 2.19. The van der Waals surface area contributed by atoms with Crippen molar-refractivity contribution in [3.63, 3.8) is 0 Å². The quantitative estimate of drug-likeness (QED) is 0.837. The van der Waals surface area contributed by atoms with Crippen molar-refractivity contribution in [1.29, 1.82) is 0 Å². The van der Waals surface area contributed by atoms with Crippen LogP contribution in [0.5, 0.6) is 0 Å². The summed E-state index contributed by atoms with van der Waals surface area (Å²) in [5, 5.41) is 0. The summed E-state index contributed by atoms with van der Waals surface area (Å²) in [5.74, 6) is 0.0326. The first-order chi connectivity index (χ1) is 9.41. The molecule has 0 radical (unpaired) electrons. The zero-order chi connectivity index (χ0) is 14.8. The molecule has 1 fully saturated rings. The maximum absolute atomic E-state index is 12.5. The van der Waals surface area contributed by atoms with E-state index < -0.39 is 11.7 Å². The van der Waals surface area contributed by atoms with Gasteiger partial charge in [-0.1, -0.05) is 19.1 Å². The average Bonchev–Trinajstić information content (AvgIpc) is 2.46. The van der Waals surface area contributed by atoms with Crippen molar-refractivity contribution in [2.24, 2.45) is 0 Å². The van der Waals surface area contributed by atoms with Crippen molar-refractivity contribution >= 4 is 5.91 Å². The number of nitrogens with zero attached hydrogens (tertiary/aromatic N) is 1. The number of amides is 1. The molecule has 110 valence electrons. The maximum atomic E-state index is 12.5. The van der Waals surface area contributed by atoms with Gasteiger partial charge in [0.1, 0.15) is 6.10 Å². The highest BCUT2D eigenvalue weighted by molar-refractivity contribution is 5.75. The average molecular weight is 287 g/mol. The van der Waals surface area contributed by atoms with E-state index in [0.29, 0.717) is 31.7 Å². The van der Waals surface area contributed by atoms with Gasteiger partial charge in [-0.25, -0.2) is 0 Å². The monoisotopic (exact) mass is 287 g/mol. The lowest BCUT2D eigenvalue weighted by atomic mass is 10.0. The van der Waals surface area contributed by atoms with Gasteiger partial charge in [-0.15, -0.1) is 0 Å². The van der Waals surface area contributed by atoms with Gasteiger partial charge in [0.15, 0.2) is 0 Å². The van der Waals surface area contributed by atoms with Crippen LogP contribution in [0.3, 0.4) is 0 Å². The van der Waals surface area contributed by atoms with Crippen molar-refractivity contribution < 1.29 is 22.7 Å². The van der Waals surface area contributed by atoms with Gasteiger partial charge in [-0.3, -0.25) is 4.79 Å². The molecular weight excluding hydrogens is 271 g/mol. The minimum atomic E-state index is -4.34. The van der Waals surface area contributed by atoms with E-state index in [4.69, 9.17) is 4.74 Å². The van der Waals surface area contributed by atoms with Crippen LogP contribution in [0.2, 0.25) is 0 Å². The Hall–Kier alpha value is -1.56. The Balaban J connectivity index is 2.09. The summed E-state index contributed by atoms with van der Waals surface area (Å²) < 4.78 is 43.0. The van der Waals surface area contributed by atoms with Gasteiger partial charge in [0.05, 0.1) is 18.7 Å². The molecular formula is C14H16F3NO2. The second kappa shape index (κ2) is 5.83. The first-order valence-corrected chi connectivity index (χ1v) is 6.48. The van der Waals surface area contributed by atoms with E-state index in [1.54, 1.807) is 11.8 Å². The van der Waals surface area contributed by atoms with Crippen LogP contribution in [0.25, 0.3) is 0 Å². The van der Waals surface area contributed by atoms with Crippen LogP contribution < -0.4 is 0 Å². The highest BCUT2D eigenvalue weighted by Crippen LogP contribution is 2.31. The van der Waals surface area contributed by atoms with Crippen LogP contribution in [0, 0.1) is 0 Å². The van der Waals surface area contributed by atoms with Crippen LogP contribution in [0.15, 0.2) is 24.3 Å². The molecule has 0 N–H and O–H groups in total. The van der Waals surface area contributed by atoms with Crippen molar-refractivity contribution in [2.75, 3.05) is 19.7 Å². The molecule has 1 aliphatic heterocycles. The van der Waals surface area contributed by atoms with Gasteiger partial charge >= 0.3 is 6.18 Å². The Morgan fingerprint density at radius 3 is 2.55 bits per heavy atom. The Morgan fingerprint density at radius 2 is 2.00 bits per heavy atom. The van der Waals surface area contributed by atoms with Gasteiger partial charge in [0, 0.05) is 13.0 Å². The molecule has 6 heteroatoms. The van der Waals surface area contributed by atoms with Crippen LogP contribution in [-0.4, -0.2) is 30.5 Å². The molecule has 1 saturated heterocycles. The number of morpholine rings is 1. The van der Waals surface area contributed by atoms with E-state index in [-0.39, 0.29) is 12.0 Å². The number of alkyl halides is 3. The third kappa shape index (κ3) is 3.30. The maximum Gasteiger partial charge on any atom is 0.416 e. The number of rotatable bonds is 2. The normalized spacial score (nSPS) is 20.0. The minimum absolute atomic E-state index is 0.0326. The summed E-state index contributed by atoms with van der Waals surface area (Å²) in [6.07, 6.45) is -4.28. The van der Waals surface area contributed by atoms with Crippen molar-refractivity contribution in [2.45, 2.75) is 25.6 Å². The molecule has 1 atom stereocenters. The highest BCUT2D eigenvalue weighted by atomic mass is 19.4. The molecule has 1 heterocycles. The van der Waals surface area contributed by atoms with Crippen LogP contribution >= 0.6 is 0 Å². The molecule has 2 rings (SSSR count). The fourth-order valence-corrected chi connectivity index (χ4v) is 2.19. The van der Waals surface area contributed by atoms with Gasteiger partial charge in [-0.2, -0.15) is 13.2 Å². The number of benzene rings is 1. The van der Waals surface area contributed by atoms with Crippen LogP contribution in [0.1, 0.15) is 30.6 Å². The van der Waals surface area contributed by atoms with Gasteiger partial charge in [-0.05, 0) is 17.7 Å². The summed E-state index contributed by atoms with van der Waals surface area (Å²) >= 11 is 0. The second-order valence-electron chi connectivity index (χ2n) is 4.67. The number of ether oxygens (including phenoxy) is 1. The molecule has 3 nitrogen and oxygen atoms in total. The van der Waals surface area contributed by atoms with E-state index in [2.05, 4.69) is 0 Å². The molecule has 0 saturated carbocycles. The summed E-state index contributed by atoms with van der Waals surface area (Å²) in [4.78, 5) is 13.3. The number of hydrogen-bond acceptors (Lipinski definition) is 2. The molecule has 1 aromatic carbocycles. The first-order valence-electron chi connectivity index (χ1n) is 6.48. The lowest BCUT2D eigenvalue weighted by Gasteiger charge is -2.33. The van der Waals surface area contributed by atoms with Gasteiger partial charge < -0.3 is 9.64 Å². The minimum Gasteiger partial charge on any atom is -0.370 e. The van der Waals surface area contributed by atoms with E-state index in [1.807, 2.05) is 0 Å². The fraction of sp³-hybridized carbons (Fsp3) is 0.500. The zero-order valence-electron chi connectivity index (χ0n) is 11.1. The number of hydrogen-bond donors (Lipinski definition) is 0. The Kier molecular flexibility index (Phi) is 4.32. The summed E-state index contributed by atoms with van der Waals surface area (Å²) in [6, 6.07) is 4.90. The highest BCUT2D eigenvalue weighted by Gasteiger charge is 2.31.